The summed E-state index contributed by atoms with van der Waals surface area (Å²) in [6, 6.07) is 4.45. The van der Waals surface area contributed by atoms with Crippen molar-refractivity contribution in [3.05, 3.63) is 29.0 Å². The van der Waals surface area contributed by atoms with Crippen LogP contribution in [0.15, 0.2) is 18.2 Å². The van der Waals surface area contributed by atoms with Gasteiger partial charge in [0.25, 0.3) is 0 Å². The van der Waals surface area contributed by atoms with Crippen LogP contribution in [0.25, 0.3) is 0 Å². The molecule has 0 atom stereocenters. The molecule has 3 nitrogen and oxygen atoms in total. The summed E-state index contributed by atoms with van der Waals surface area (Å²) in [6.45, 7) is 4.63. The average Bonchev–Trinajstić information content (AvgIpc) is 2.23. The number of benzene rings is 1. The Kier molecular flexibility index (Phi) is 5.38. The Balaban J connectivity index is 2.42. The molecule has 0 unspecified atom stereocenters. The van der Waals surface area contributed by atoms with Gasteiger partial charge in [0.05, 0.1) is 5.02 Å². The maximum atomic E-state index is 12.9. The highest BCUT2D eigenvalue weighted by Crippen LogP contribution is 2.19. The largest absolute Gasteiger partial charge is 0.326 e. The highest BCUT2D eigenvalue weighted by molar-refractivity contribution is 6.31. The molecule has 0 aliphatic rings. The van der Waals surface area contributed by atoms with Crippen molar-refractivity contribution in [2.24, 2.45) is 0 Å². The number of hydrogen-bond donors (Lipinski definition) is 2. The van der Waals surface area contributed by atoms with Crippen molar-refractivity contribution in [2.75, 3.05) is 11.9 Å². The van der Waals surface area contributed by atoms with Gasteiger partial charge in [0.1, 0.15) is 5.82 Å². The number of halogens is 2. The second-order valence-corrected chi connectivity index (χ2v) is 4.44. The first kappa shape index (κ1) is 13.9. The SMILES string of the molecule is CC(C)NCCC(=O)Nc1ccc(F)c(Cl)c1. The number of rotatable bonds is 5. The summed E-state index contributed by atoms with van der Waals surface area (Å²) in [6.07, 6.45) is 0.368. The molecule has 1 rings (SSSR count). The summed E-state index contributed by atoms with van der Waals surface area (Å²) in [5.41, 5.74) is 0.506. The van der Waals surface area contributed by atoms with E-state index in [-0.39, 0.29) is 10.9 Å². The molecule has 0 saturated carbocycles. The van der Waals surface area contributed by atoms with E-state index in [0.717, 1.165) is 0 Å². The van der Waals surface area contributed by atoms with Gasteiger partial charge in [-0.15, -0.1) is 0 Å². The molecule has 0 aliphatic heterocycles. The first-order valence-electron chi connectivity index (χ1n) is 5.47. The first-order chi connectivity index (χ1) is 7.99. The van der Waals surface area contributed by atoms with Crippen LogP contribution in [0.1, 0.15) is 20.3 Å². The number of carbonyl (C=O) groups excluding carboxylic acids is 1. The lowest BCUT2D eigenvalue weighted by atomic mass is 10.3. The van der Waals surface area contributed by atoms with Crippen molar-refractivity contribution in [1.29, 1.82) is 0 Å². The Bertz CT molecular complexity index is 396. The van der Waals surface area contributed by atoms with Crippen molar-refractivity contribution < 1.29 is 9.18 Å². The molecule has 0 heterocycles. The molecular formula is C12H16ClFN2O. The zero-order valence-electron chi connectivity index (χ0n) is 9.89. The molecule has 0 aromatic heterocycles. The van der Waals surface area contributed by atoms with Crippen molar-refractivity contribution in [1.82, 2.24) is 5.32 Å². The predicted molar refractivity (Wildman–Crippen MR) is 67.8 cm³/mol. The molecule has 1 aromatic rings. The van der Waals surface area contributed by atoms with Crippen LogP contribution in [0.4, 0.5) is 10.1 Å². The van der Waals surface area contributed by atoms with Gasteiger partial charge in [-0.25, -0.2) is 4.39 Å². The number of anilines is 1. The van der Waals surface area contributed by atoms with Crippen LogP contribution in [0.2, 0.25) is 5.02 Å². The molecule has 0 aliphatic carbocycles. The average molecular weight is 259 g/mol. The van der Waals surface area contributed by atoms with Gasteiger partial charge in [-0.2, -0.15) is 0 Å². The predicted octanol–water partition coefficient (Wildman–Crippen LogP) is 2.81. The van der Waals surface area contributed by atoms with Gasteiger partial charge in [-0.05, 0) is 18.2 Å². The number of amides is 1. The first-order valence-corrected chi connectivity index (χ1v) is 5.85. The van der Waals surface area contributed by atoms with Crippen molar-refractivity contribution in [2.45, 2.75) is 26.3 Å². The van der Waals surface area contributed by atoms with Crippen molar-refractivity contribution >= 4 is 23.2 Å². The normalized spacial score (nSPS) is 10.6. The van der Waals surface area contributed by atoms with Gasteiger partial charge in [-0.1, -0.05) is 25.4 Å². The fraction of sp³-hybridized carbons (Fsp3) is 0.417. The molecule has 0 fully saturated rings. The van der Waals surface area contributed by atoms with Crippen LogP contribution in [-0.4, -0.2) is 18.5 Å². The van der Waals surface area contributed by atoms with E-state index in [0.29, 0.717) is 24.7 Å². The Morgan fingerprint density at radius 1 is 1.47 bits per heavy atom. The van der Waals surface area contributed by atoms with E-state index in [1.807, 2.05) is 13.8 Å². The van der Waals surface area contributed by atoms with Gasteiger partial charge in [0.2, 0.25) is 5.91 Å². The van der Waals surface area contributed by atoms with Crippen LogP contribution in [0.5, 0.6) is 0 Å². The molecule has 5 heteroatoms. The van der Waals surface area contributed by atoms with Gasteiger partial charge in [-0.3, -0.25) is 4.79 Å². The Labute approximate surface area is 105 Å². The minimum absolute atomic E-state index is 0.00288. The molecule has 1 aromatic carbocycles. The number of carbonyl (C=O) groups is 1. The van der Waals surface area contributed by atoms with Gasteiger partial charge in [0.15, 0.2) is 0 Å². The molecule has 0 saturated heterocycles. The van der Waals surface area contributed by atoms with Crippen molar-refractivity contribution in [3.63, 3.8) is 0 Å². The van der Waals surface area contributed by atoms with E-state index < -0.39 is 5.82 Å². The molecular weight excluding hydrogens is 243 g/mol. The van der Waals surface area contributed by atoms with E-state index in [1.165, 1.54) is 18.2 Å². The Morgan fingerprint density at radius 3 is 2.76 bits per heavy atom. The van der Waals surface area contributed by atoms with E-state index in [2.05, 4.69) is 10.6 Å². The third-order valence-electron chi connectivity index (χ3n) is 2.11. The van der Waals surface area contributed by atoms with Crippen LogP contribution in [0.3, 0.4) is 0 Å². The highest BCUT2D eigenvalue weighted by Gasteiger charge is 2.05. The van der Waals surface area contributed by atoms with E-state index in [1.54, 1.807) is 0 Å². The molecule has 2 N–H and O–H groups in total. The van der Waals surface area contributed by atoms with Gasteiger partial charge >= 0.3 is 0 Å². The van der Waals surface area contributed by atoms with Crippen molar-refractivity contribution in [3.8, 4) is 0 Å². The smallest absolute Gasteiger partial charge is 0.225 e. The molecule has 0 spiro atoms. The van der Waals surface area contributed by atoms with Crippen LogP contribution >= 0.6 is 11.6 Å². The third-order valence-corrected chi connectivity index (χ3v) is 2.40. The molecule has 0 radical (unpaired) electrons. The minimum Gasteiger partial charge on any atom is -0.326 e. The molecule has 94 valence electrons. The topological polar surface area (TPSA) is 41.1 Å². The second-order valence-electron chi connectivity index (χ2n) is 4.04. The Hall–Kier alpha value is -1.13. The van der Waals surface area contributed by atoms with E-state index in [4.69, 9.17) is 11.6 Å². The quantitative estimate of drug-likeness (QED) is 0.853. The number of nitrogens with one attached hydrogen (secondary N) is 2. The van der Waals surface area contributed by atoms with Gasteiger partial charge < -0.3 is 10.6 Å². The molecule has 17 heavy (non-hydrogen) atoms. The fourth-order valence-corrected chi connectivity index (χ4v) is 1.45. The highest BCUT2D eigenvalue weighted by atomic mass is 35.5. The zero-order valence-corrected chi connectivity index (χ0v) is 10.6. The monoisotopic (exact) mass is 258 g/mol. The van der Waals surface area contributed by atoms with E-state index in [9.17, 15) is 9.18 Å². The molecule has 1 amide bonds. The van der Waals surface area contributed by atoms with Gasteiger partial charge in [0, 0.05) is 24.7 Å². The minimum atomic E-state index is -0.494. The van der Waals surface area contributed by atoms with E-state index >= 15 is 0 Å². The maximum Gasteiger partial charge on any atom is 0.225 e. The number of hydrogen-bond acceptors (Lipinski definition) is 2. The third kappa shape index (κ3) is 5.15. The Morgan fingerprint density at radius 2 is 2.18 bits per heavy atom. The summed E-state index contributed by atoms with van der Waals surface area (Å²) >= 11 is 5.60. The summed E-state index contributed by atoms with van der Waals surface area (Å²) in [5, 5.41) is 5.79. The van der Waals surface area contributed by atoms with Crippen LogP contribution < -0.4 is 10.6 Å². The zero-order chi connectivity index (χ0) is 12.8. The summed E-state index contributed by atoms with van der Waals surface area (Å²) in [4.78, 5) is 11.5. The summed E-state index contributed by atoms with van der Waals surface area (Å²) in [7, 11) is 0. The second kappa shape index (κ2) is 6.57. The maximum absolute atomic E-state index is 12.9. The lowest BCUT2D eigenvalue weighted by Crippen LogP contribution is -2.27. The standard InChI is InChI=1S/C12H16ClFN2O/c1-8(2)15-6-5-12(17)16-9-3-4-11(14)10(13)7-9/h3-4,7-8,15H,5-6H2,1-2H3,(H,16,17). The summed E-state index contributed by atoms with van der Waals surface area (Å²) < 4.78 is 12.9. The fourth-order valence-electron chi connectivity index (χ4n) is 1.27. The summed E-state index contributed by atoms with van der Waals surface area (Å²) in [5.74, 6) is -0.619. The lowest BCUT2D eigenvalue weighted by molar-refractivity contribution is -0.116. The lowest BCUT2D eigenvalue weighted by Gasteiger charge is -2.08. The molecule has 0 bridgehead atoms. The van der Waals surface area contributed by atoms with Crippen LogP contribution in [0, 0.1) is 5.82 Å². The van der Waals surface area contributed by atoms with Crippen LogP contribution in [-0.2, 0) is 4.79 Å².